The van der Waals surface area contributed by atoms with E-state index >= 15 is 0 Å². The minimum atomic E-state index is -0.211. The zero-order chi connectivity index (χ0) is 12.8. The summed E-state index contributed by atoms with van der Waals surface area (Å²) in [6.45, 7) is 2.74. The van der Waals surface area contributed by atoms with Gasteiger partial charge in [0.05, 0.1) is 10.6 Å². The number of nitrogen functional groups attached to an aromatic ring is 1. The number of hydrogen-bond donors (Lipinski definition) is 2. The summed E-state index contributed by atoms with van der Waals surface area (Å²) in [5.41, 5.74) is 5.88. The van der Waals surface area contributed by atoms with Gasteiger partial charge in [0, 0.05) is 18.0 Å². The Bertz CT molecular complexity index is 400. The molecule has 3 N–H and O–H groups in total. The first-order chi connectivity index (χ1) is 8.04. The van der Waals surface area contributed by atoms with Gasteiger partial charge >= 0.3 is 0 Å². The number of carbonyl (C=O) groups excluding carboxylic acids is 1. The van der Waals surface area contributed by atoms with Crippen molar-refractivity contribution in [1.29, 1.82) is 0 Å². The highest BCUT2D eigenvalue weighted by molar-refractivity contribution is 7.99. The fourth-order valence-corrected chi connectivity index (χ4v) is 1.77. The Kier molecular flexibility index (Phi) is 5.58. The maximum absolute atomic E-state index is 11.8. The molecule has 1 heterocycles. The van der Waals surface area contributed by atoms with E-state index in [9.17, 15) is 4.79 Å². The largest absolute Gasteiger partial charge is 0.384 e. The summed E-state index contributed by atoms with van der Waals surface area (Å²) >= 11 is 7.65. The molecule has 1 aromatic rings. The van der Waals surface area contributed by atoms with E-state index in [0.29, 0.717) is 22.4 Å². The van der Waals surface area contributed by atoms with Crippen molar-refractivity contribution in [3.63, 3.8) is 0 Å². The molecule has 4 nitrogen and oxygen atoms in total. The minimum absolute atomic E-state index is 0.211. The lowest BCUT2D eigenvalue weighted by atomic mass is 10.2. The predicted molar refractivity (Wildman–Crippen MR) is 73.6 cm³/mol. The topological polar surface area (TPSA) is 68.0 Å². The van der Waals surface area contributed by atoms with Crippen molar-refractivity contribution in [1.82, 2.24) is 10.3 Å². The number of rotatable bonds is 5. The Morgan fingerprint density at radius 2 is 2.41 bits per heavy atom. The van der Waals surface area contributed by atoms with Gasteiger partial charge in [-0.1, -0.05) is 18.5 Å². The van der Waals surface area contributed by atoms with Crippen LogP contribution < -0.4 is 11.1 Å². The van der Waals surface area contributed by atoms with E-state index in [1.807, 2.05) is 6.26 Å². The quantitative estimate of drug-likeness (QED) is 0.863. The highest BCUT2D eigenvalue weighted by Gasteiger charge is 2.11. The number of aromatic nitrogens is 1. The molecule has 1 aromatic heterocycles. The molecule has 6 heteroatoms. The summed E-state index contributed by atoms with van der Waals surface area (Å²) in [7, 11) is 0. The number of anilines is 1. The molecule has 0 aliphatic carbocycles. The van der Waals surface area contributed by atoms with Gasteiger partial charge in [-0.3, -0.25) is 4.79 Å². The molecule has 0 aromatic carbocycles. The van der Waals surface area contributed by atoms with Gasteiger partial charge in [0.1, 0.15) is 5.82 Å². The van der Waals surface area contributed by atoms with E-state index in [2.05, 4.69) is 17.2 Å². The molecule has 94 valence electrons. The van der Waals surface area contributed by atoms with Crippen LogP contribution in [0.5, 0.6) is 0 Å². The molecule has 0 aliphatic rings. The van der Waals surface area contributed by atoms with Gasteiger partial charge in [-0.05, 0) is 18.7 Å². The third-order valence-electron chi connectivity index (χ3n) is 2.36. The van der Waals surface area contributed by atoms with E-state index in [-0.39, 0.29) is 11.7 Å². The van der Waals surface area contributed by atoms with Gasteiger partial charge in [-0.2, -0.15) is 11.8 Å². The monoisotopic (exact) mass is 273 g/mol. The van der Waals surface area contributed by atoms with Crippen LogP contribution >= 0.6 is 23.4 Å². The number of nitrogens with zero attached hydrogens (tertiary/aromatic N) is 1. The molecule has 17 heavy (non-hydrogen) atoms. The average molecular weight is 274 g/mol. The summed E-state index contributed by atoms with van der Waals surface area (Å²) in [4.78, 5) is 15.6. The second-order valence-corrected chi connectivity index (χ2v) is 5.36. The van der Waals surface area contributed by atoms with E-state index in [0.717, 1.165) is 6.42 Å². The number of thioether (sulfide) groups is 1. The molecular weight excluding hydrogens is 258 g/mol. The standard InChI is InChI=1S/C11H16ClN3OS/c1-7(17-2)3-4-14-11(16)8-5-10(13)15-6-9(8)12/h5-7H,3-4H2,1-2H3,(H2,13,15)(H,14,16). The Morgan fingerprint density at radius 1 is 1.71 bits per heavy atom. The number of halogens is 1. The fourth-order valence-electron chi connectivity index (χ4n) is 1.23. The maximum Gasteiger partial charge on any atom is 0.252 e. The molecule has 1 rings (SSSR count). The third kappa shape index (κ3) is 4.44. The van der Waals surface area contributed by atoms with Gasteiger partial charge in [0.2, 0.25) is 0 Å². The van der Waals surface area contributed by atoms with Crippen molar-refractivity contribution < 1.29 is 4.79 Å². The van der Waals surface area contributed by atoms with E-state index in [1.54, 1.807) is 11.8 Å². The lowest BCUT2D eigenvalue weighted by Crippen LogP contribution is -2.26. The Morgan fingerprint density at radius 3 is 3.06 bits per heavy atom. The number of pyridine rings is 1. The fraction of sp³-hybridized carbons (Fsp3) is 0.455. The van der Waals surface area contributed by atoms with Crippen molar-refractivity contribution in [3.8, 4) is 0 Å². The number of nitrogens with one attached hydrogen (secondary N) is 1. The van der Waals surface area contributed by atoms with Gasteiger partial charge in [0.15, 0.2) is 0 Å². The second kappa shape index (κ2) is 6.71. The van der Waals surface area contributed by atoms with Crippen molar-refractivity contribution in [2.24, 2.45) is 0 Å². The molecule has 0 saturated heterocycles. The van der Waals surface area contributed by atoms with E-state index in [4.69, 9.17) is 17.3 Å². The van der Waals surface area contributed by atoms with Gasteiger partial charge < -0.3 is 11.1 Å². The average Bonchev–Trinajstić information content (AvgIpc) is 2.31. The van der Waals surface area contributed by atoms with Crippen molar-refractivity contribution in [3.05, 3.63) is 22.8 Å². The number of amides is 1. The minimum Gasteiger partial charge on any atom is -0.384 e. The Hall–Kier alpha value is -0.940. The van der Waals surface area contributed by atoms with Crippen LogP contribution in [0.2, 0.25) is 5.02 Å². The van der Waals surface area contributed by atoms with Crippen LogP contribution in [-0.4, -0.2) is 28.9 Å². The number of carbonyl (C=O) groups is 1. The van der Waals surface area contributed by atoms with Crippen molar-refractivity contribution >= 4 is 35.1 Å². The molecule has 0 bridgehead atoms. The van der Waals surface area contributed by atoms with Crippen LogP contribution in [0.4, 0.5) is 5.82 Å². The number of hydrogen-bond acceptors (Lipinski definition) is 4. The summed E-state index contributed by atoms with van der Waals surface area (Å²) in [6, 6.07) is 1.48. The van der Waals surface area contributed by atoms with Crippen LogP contribution in [0.25, 0.3) is 0 Å². The zero-order valence-electron chi connectivity index (χ0n) is 9.87. The molecule has 0 aliphatic heterocycles. The van der Waals surface area contributed by atoms with Crippen LogP contribution in [0.1, 0.15) is 23.7 Å². The van der Waals surface area contributed by atoms with Crippen molar-refractivity contribution in [2.45, 2.75) is 18.6 Å². The molecule has 0 fully saturated rings. The van der Waals surface area contributed by atoms with Gasteiger partial charge in [-0.25, -0.2) is 4.98 Å². The lowest BCUT2D eigenvalue weighted by molar-refractivity contribution is 0.0953. The van der Waals surface area contributed by atoms with E-state index in [1.165, 1.54) is 12.3 Å². The third-order valence-corrected chi connectivity index (χ3v) is 3.70. The van der Waals surface area contributed by atoms with Gasteiger partial charge in [-0.15, -0.1) is 0 Å². The Labute approximate surface area is 110 Å². The maximum atomic E-state index is 11.8. The normalized spacial score (nSPS) is 12.2. The zero-order valence-corrected chi connectivity index (χ0v) is 11.4. The summed E-state index contributed by atoms with van der Waals surface area (Å²) < 4.78 is 0. The van der Waals surface area contributed by atoms with Gasteiger partial charge in [0.25, 0.3) is 5.91 Å². The summed E-state index contributed by atoms with van der Waals surface area (Å²) in [6.07, 6.45) is 4.36. The molecule has 1 atom stereocenters. The first-order valence-electron chi connectivity index (χ1n) is 5.26. The molecular formula is C11H16ClN3OS. The van der Waals surface area contributed by atoms with Crippen LogP contribution in [0, 0.1) is 0 Å². The summed E-state index contributed by atoms with van der Waals surface area (Å²) in [5, 5.41) is 3.65. The highest BCUT2D eigenvalue weighted by atomic mass is 35.5. The SMILES string of the molecule is CSC(C)CCNC(=O)c1cc(N)ncc1Cl. The molecule has 0 radical (unpaired) electrons. The van der Waals surface area contributed by atoms with Crippen LogP contribution in [0.15, 0.2) is 12.3 Å². The van der Waals surface area contributed by atoms with Crippen LogP contribution in [0.3, 0.4) is 0 Å². The lowest BCUT2D eigenvalue weighted by Gasteiger charge is -2.10. The second-order valence-electron chi connectivity index (χ2n) is 3.68. The van der Waals surface area contributed by atoms with Crippen molar-refractivity contribution in [2.75, 3.05) is 18.5 Å². The predicted octanol–water partition coefficient (Wildman–Crippen LogP) is 2.19. The molecule has 0 saturated carbocycles. The summed E-state index contributed by atoms with van der Waals surface area (Å²) in [5.74, 6) is 0.0782. The van der Waals surface area contributed by atoms with E-state index < -0.39 is 0 Å². The number of nitrogens with two attached hydrogens (primary N) is 1. The molecule has 1 amide bonds. The Balaban J connectivity index is 2.55. The highest BCUT2D eigenvalue weighted by Crippen LogP contribution is 2.16. The smallest absolute Gasteiger partial charge is 0.252 e. The molecule has 1 unspecified atom stereocenters. The van der Waals surface area contributed by atoms with Crippen LogP contribution in [-0.2, 0) is 0 Å². The first kappa shape index (κ1) is 14.1. The molecule has 0 spiro atoms. The first-order valence-corrected chi connectivity index (χ1v) is 6.93.